The normalized spacial score (nSPS) is 10.2. The summed E-state index contributed by atoms with van der Waals surface area (Å²) in [7, 11) is 0. The lowest BCUT2D eigenvalue weighted by Crippen LogP contribution is -2.15. The number of rotatable bonds is 3. The molecule has 2 rings (SSSR count). The largest absolute Gasteiger partial charge is 0.340 e. The van der Waals surface area contributed by atoms with Gasteiger partial charge >= 0.3 is 16.8 Å². The van der Waals surface area contributed by atoms with Crippen molar-refractivity contribution in [3.8, 4) is 5.69 Å². The Morgan fingerprint density at radius 2 is 1.50 bits per heavy atom. The minimum Gasteiger partial charge on any atom is -0.310 e. The van der Waals surface area contributed by atoms with Crippen molar-refractivity contribution in [3.05, 3.63) is 72.7 Å². The molecule has 2 aromatic rings. The van der Waals surface area contributed by atoms with Gasteiger partial charge in [0.05, 0.1) is 22.2 Å². The lowest BCUT2D eigenvalue weighted by atomic mass is 10.2. The Kier molecular flexibility index (Phi) is 3.30. The summed E-state index contributed by atoms with van der Waals surface area (Å²) in [6.45, 7) is 1.76. The van der Waals surface area contributed by atoms with E-state index in [0.717, 1.165) is 18.0 Å². The number of benzene rings is 1. The zero-order chi connectivity index (χ0) is 14.9. The number of aryl methyl sites for hydroxylation is 1. The molecular formula is C12H9N3O5. The van der Waals surface area contributed by atoms with Gasteiger partial charge in [-0.1, -0.05) is 18.2 Å². The van der Waals surface area contributed by atoms with E-state index in [4.69, 9.17) is 0 Å². The van der Waals surface area contributed by atoms with Crippen molar-refractivity contribution in [1.29, 1.82) is 0 Å². The molecule has 0 aliphatic carbocycles. The first-order valence-electron chi connectivity index (χ1n) is 5.53. The average Bonchev–Trinajstić information content (AvgIpc) is 2.39. The van der Waals surface area contributed by atoms with Gasteiger partial charge < -0.3 is 4.57 Å². The molecule has 20 heavy (non-hydrogen) atoms. The average molecular weight is 275 g/mol. The van der Waals surface area contributed by atoms with Gasteiger partial charge in [0, 0.05) is 5.69 Å². The number of para-hydroxylation sites is 1. The maximum Gasteiger partial charge on any atom is 0.340 e. The highest BCUT2D eigenvalue weighted by Crippen LogP contribution is 2.18. The number of hydrogen-bond donors (Lipinski definition) is 0. The SMILES string of the molecule is Cc1ccccc1-n1cc([N+](=O)[O-])c(=O)c([N+](=O)[O-])c1. The van der Waals surface area contributed by atoms with Crippen molar-refractivity contribution in [3.63, 3.8) is 0 Å². The van der Waals surface area contributed by atoms with E-state index in [-0.39, 0.29) is 0 Å². The summed E-state index contributed by atoms with van der Waals surface area (Å²) in [6, 6.07) is 6.86. The molecule has 0 fully saturated rings. The van der Waals surface area contributed by atoms with E-state index in [9.17, 15) is 25.0 Å². The van der Waals surface area contributed by atoms with Crippen LogP contribution in [-0.2, 0) is 0 Å². The second-order valence-corrected chi connectivity index (χ2v) is 4.07. The van der Waals surface area contributed by atoms with E-state index in [2.05, 4.69) is 0 Å². The Morgan fingerprint density at radius 3 is 1.95 bits per heavy atom. The number of nitro groups is 2. The molecule has 102 valence electrons. The monoisotopic (exact) mass is 275 g/mol. The molecule has 0 aliphatic rings. The van der Waals surface area contributed by atoms with E-state index >= 15 is 0 Å². The van der Waals surface area contributed by atoms with E-state index in [1.54, 1.807) is 31.2 Å². The van der Waals surface area contributed by atoms with Gasteiger partial charge in [-0.15, -0.1) is 0 Å². The number of hydrogen-bond acceptors (Lipinski definition) is 5. The highest BCUT2D eigenvalue weighted by atomic mass is 16.6. The standard InChI is InChI=1S/C12H9N3O5/c1-8-4-2-3-5-9(8)13-6-10(14(17)18)12(16)11(7-13)15(19)20/h2-7H,1H3. The molecule has 1 aromatic heterocycles. The van der Waals surface area contributed by atoms with E-state index in [1.165, 1.54) is 4.57 Å². The predicted octanol–water partition coefficient (Wildman–Crippen LogP) is 1.96. The minimum absolute atomic E-state index is 0.527. The van der Waals surface area contributed by atoms with E-state index < -0.39 is 26.7 Å². The van der Waals surface area contributed by atoms with Crippen molar-refractivity contribution < 1.29 is 9.85 Å². The molecule has 0 unspecified atom stereocenters. The molecule has 1 heterocycles. The van der Waals surface area contributed by atoms with Gasteiger partial charge in [0.25, 0.3) is 0 Å². The van der Waals surface area contributed by atoms with Gasteiger partial charge in [-0.05, 0) is 18.6 Å². The summed E-state index contributed by atoms with van der Waals surface area (Å²) in [5.74, 6) is 0. The first-order chi connectivity index (χ1) is 9.41. The van der Waals surface area contributed by atoms with Crippen molar-refractivity contribution in [2.45, 2.75) is 6.92 Å². The molecule has 1 aromatic carbocycles. The van der Waals surface area contributed by atoms with Crippen LogP contribution in [0, 0.1) is 27.2 Å². The first kappa shape index (κ1) is 13.4. The molecule has 0 N–H and O–H groups in total. The van der Waals surface area contributed by atoms with Crippen molar-refractivity contribution in [2.75, 3.05) is 0 Å². The Morgan fingerprint density at radius 1 is 1.00 bits per heavy atom. The van der Waals surface area contributed by atoms with Gasteiger partial charge in [-0.25, -0.2) is 0 Å². The predicted molar refractivity (Wildman–Crippen MR) is 70.1 cm³/mol. The molecule has 0 spiro atoms. The van der Waals surface area contributed by atoms with Crippen LogP contribution in [0.1, 0.15) is 5.56 Å². The van der Waals surface area contributed by atoms with Crippen molar-refractivity contribution >= 4 is 11.4 Å². The topological polar surface area (TPSA) is 108 Å². The fraction of sp³-hybridized carbons (Fsp3) is 0.0833. The van der Waals surface area contributed by atoms with Gasteiger partial charge in [-0.3, -0.25) is 25.0 Å². The zero-order valence-corrected chi connectivity index (χ0v) is 10.3. The van der Waals surface area contributed by atoms with Crippen molar-refractivity contribution in [2.24, 2.45) is 0 Å². The van der Waals surface area contributed by atoms with E-state index in [1.807, 2.05) is 0 Å². The molecule has 0 saturated heterocycles. The fourth-order valence-corrected chi connectivity index (χ4v) is 1.80. The van der Waals surface area contributed by atoms with Crippen LogP contribution in [0.2, 0.25) is 0 Å². The number of aromatic nitrogens is 1. The number of nitrogens with zero attached hydrogens (tertiary/aromatic N) is 3. The van der Waals surface area contributed by atoms with Crippen LogP contribution >= 0.6 is 0 Å². The smallest absolute Gasteiger partial charge is 0.310 e. The Labute approximate surface area is 112 Å². The third kappa shape index (κ3) is 2.26. The quantitative estimate of drug-likeness (QED) is 0.628. The van der Waals surface area contributed by atoms with Gasteiger partial charge in [0.1, 0.15) is 0 Å². The molecule has 8 heteroatoms. The molecule has 0 radical (unpaired) electrons. The summed E-state index contributed by atoms with van der Waals surface area (Å²) in [5.41, 5.74) is -1.58. The molecule has 0 saturated carbocycles. The fourth-order valence-electron chi connectivity index (χ4n) is 1.80. The number of pyridine rings is 1. The second kappa shape index (κ2) is 4.92. The van der Waals surface area contributed by atoms with Crippen LogP contribution < -0.4 is 5.43 Å². The van der Waals surface area contributed by atoms with Gasteiger partial charge in [0.15, 0.2) is 0 Å². The Bertz CT molecular complexity index is 728. The molecule has 0 atom stereocenters. The first-order valence-corrected chi connectivity index (χ1v) is 5.53. The summed E-state index contributed by atoms with van der Waals surface area (Å²) >= 11 is 0. The third-order valence-corrected chi connectivity index (χ3v) is 2.78. The molecule has 8 nitrogen and oxygen atoms in total. The maximum absolute atomic E-state index is 11.6. The Hall–Kier alpha value is -3.03. The van der Waals surface area contributed by atoms with Gasteiger partial charge in [0.2, 0.25) is 0 Å². The van der Waals surface area contributed by atoms with E-state index in [0.29, 0.717) is 5.69 Å². The summed E-state index contributed by atoms with van der Waals surface area (Å²) in [6.07, 6.45) is 1.97. The van der Waals surface area contributed by atoms with Crippen LogP contribution in [0.25, 0.3) is 5.69 Å². The van der Waals surface area contributed by atoms with Crippen LogP contribution in [-0.4, -0.2) is 14.4 Å². The van der Waals surface area contributed by atoms with Crippen LogP contribution in [0.15, 0.2) is 41.5 Å². The third-order valence-electron chi connectivity index (χ3n) is 2.78. The highest BCUT2D eigenvalue weighted by Gasteiger charge is 2.24. The molecule has 0 amide bonds. The van der Waals surface area contributed by atoms with Crippen LogP contribution in [0.3, 0.4) is 0 Å². The molecular weight excluding hydrogens is 266 g/mol. The molecule has 0 bridgehead atoms. The lowest BCUT2D eigenvalue weighted by molar-refractivity contribution is -0.397. The summed E-state index contributed by atoms with van der Waals surface area (Å²) in [4.78, 5) is 31.4. The summed E-state index contributed by atoms with van der Waals surface area (Å²) in [5, 5.41) is 21.7. The zero-order valence-electron chi connectivity index (χ0n) is 10.3. The summed E-state index contributed by atoms with van der Waals surface area (Å²) < 4.78 is 1.22. The second-order valence-electron chi connectivity index (χ2n) is 4.07. The van der Waals surface area contributed by atoms with Gasteiger partial charge in [-0.2, -0.15) is 0 Å². The lowest BCUT2D eigenvalue weighted by Gasteiger charge is -2.08. The van der Waals surface area contributed by atoms with Crippen LogP contribution in [0.5, 0.6) is 0 Å². The van der Waals surface area contributed by atoms with Crippen molar-refractivity contribution in [1.82, 2.24) is 4.57 Å². The van der Waals surface area contributed by atoms with Crippen LogP contribution in [0.4, 0.5) is 11.4 Å². The maximum atomic E-state index is 11.6. The molecule has 0 aliphatic heterocycles. The Balaban J connectivity index is 2.79. The highest BCUT2D eigenvalue weighted by molar-refractivity contribution is 5.47. The minimum atomic E-state index is -1.20.